The number of hydrogen-bond acceptors (Lipinski definition) is 3. The molecule has 3 aromatic rings. The molecule has 4 heteroatoms. The Hall–Kier alpha value is -2.93. The quantitative estimate of drug-likeness (QED) is 0.765. The summed E-state index contributed by atoms with van der Waals surface area (Å²) in [6.45, 7) is 0.698. The van der Waals surface area contributed by atoms with E-state index < -0.39 is 0 Å². The molecule has 0 aliphatic heterocycles. The number of aromatic nitrogens is 1. The maximum Gasteiger partial charge on any atom is 0.143 e. The number of fused-ring (bicyclic) bond motifs is 1. The van der Waals surface area contributed by atoms with Crippen molar-refractivity contribution in [3.63, 3.8) is 0 Å². The van der Waals surface area contributed by atoms with Gasteiger partial charge in [0.25, 0.3) is 0 Å². The highest BCUT2D eigenvalue weighted by atomic mass is 16.5. The lowest BCUT2D eigenvalue weighted by Crippen LogP contribution is -2.01. The number of benzene rings is 2. The third-order valence-electron chi connectivity index (χ3n) is 3.43. The van der Waals surface area contributed by atoms with E-state index in [1.165, 1.54) is 10.9 Å². The molecule has 4 nitrogen and oxygen atoms in total. The lowest BCUT2D eigenvalue weighted by molar-refractivity contribution is 0.416. The minimum Gasteiger partial charge on any atom is -0.495 e. The number of nitriles is 1. The number of ether oxygens (including phenoxy) is 1. The lowest BCUT2D eigenvalue weighted by atomic mass is 10.1. The lowest BCUT2D eigenvalue weighted by Gasteiger charge is -2.11. The van der Waals surface area contributed by atoms with Crippen LogP contribution in [0.4, 0.5) is 5.69 Å². The Labute approximate surface area is 123 Å². The zero-order valence-corrected chi connectivity index (χ0v) is 11.7. The minimum absolute atomic E-state index is 0.589. The fourth-order valence-corrected chi connectivity index (χ4v) is 2.32. The van der Waals surface area contributed by atoms with E-state index in [2.05, 4.69) is 40.6 Å². The first kappa shape index (κ1) is 13.1. The predicted molar refractivity (Wildman–Crippen MR) is 83.3 cm³/mol. The van der Waals surface area contributed by atoms with Crippen molar-refractivity contribution in [2.24, 2.45) is 0 Å². The summed E-state index contributed by atoms with van der Waals surface area (Å²) in [6, 6.07) is 15.8. The van der Waals surface area contributed by atoms with E-state index in [4.69, 9.17) is 10.00 Å². The maximum absolute atomic E-state index is 8.91. The van der Waals surface area contributed by atoms with E-state index in [1.54, 1.807) is 19.2 Å². The molecule has 2 aromatic carbocycles. The van der Waals surface area contributed by atoms with Gasteiger partial charge in [0.2, 0.25) is 0 Å². The molecular formula is C17H15N3O. The Kier molecular flexibility index (Phi) is 3.48. The van der Waals surface area contributed by atoms with Gasteiger partial charge in [0.15, 0.2) is 0 Å². The van der Waals surface area contributed by atoms with Crippen molar-refractivity contribution < 1.29 is 4.74 Å². The second-order valence-corrected chi connectivity index (χ2v) is 4.78. The molecule has 21 heavy (non-hydrogen) atoms. The van der Waals surface area contributed by atoms with Gasteiger partial charge in [-0.15, -0.1) is 0 Å². The molecule has 0 atom stereocenters. The van der Waals surface area contributed by atoms with Crippen LogP contribution in [-0.2, 0) is 6.54 Å². The molecule has 1 heterocycles. The van der Waals surface area contributed by atoms with Crippen molar-refractivity contribution in [1.82, 2.24) is 4.98 Å². The van der Waals surface area contributed by atoms with Crippen LogP contribution in [0.15, 0.2) is 48.7 Å². The molecule has 0 fully saturated rings. The molecule has 0 bridgehead atoms. The van der Waals surface area contributed by atoms with Gasteiger partial charge in [0.1, 0.15) is 5.75 Å². The minimum atomic E-state index is 0.589. The van der Waals surface area contributed by atoms with E-state index in [0.717, 1.165) is 11.2 Å². The van der Waals surface area contributed by atoms with E-state index in [9.17, 15) is 0 Å². The van der Waals surface area contributed by atoms with Gasteiger partial charge in [-0.3, -0.25) is 0 Å². The largest absolute Gasteiger partial charge is 0.495 e. The summed E-state index contributed by atoms with van der Waals surface area (Å²) < 4.78 is 5.32. The fourth-order valence-electron chi connectivity index (χ4n) is 2.32. The number of rotatable bonds is 4. The number of nitrogens with one attached hydrogen (secondary N) is 2. The molecule has 0 aliphatic carbocycles. The molecule has 0 saturated carbocycles. The average molecular weight is 277 g/mol. The predicted octanol–water partition coefficient (Wildman–Crippen LogP) is 3.66. The highest BCUT2D eigenvalue weighted by Gasteiger charge is 2.04. The van der Waals surface area contributed by atoms with Gasteiger partial charge in [0.05, 0.1) is 24.4 Å². The number of methoxy groups -OCH3 is 1. The molecule has 0 spiro atoms. The molecule has 0 aliphatic rings. The number of H-pyrrole nitrogens is 1. The van der Waals surface area contributed by atoms with Crippen LogP contribution in [-0.4, -0.2) is 12.1 Å². The summed E-state index contributed by atoms with van der Waals surface area (Å²) in [5.74, 6) is 0.678. The van der Waals surface area contributed by atoms with Crippen molar-refractivity contribution >= 4 is 16.6 Å². The van der Waals surface area contributed by atoms with Crippen LogP contribution in [0, 0.1) is 11.3 Å². The zero-order valence-electron chi connectivity index (χ0n) is 11.7. The van der Waals surface area contributed by atoms with E-state index in [0.29, 0.717) is 17.9 Å². The van der Waals surface area contributed by atoms with Crippen LogP contribution in [0.1, 0.15) is 11.1 Å². The van der Waals surface area contributed by atoms with E-state index in [1.807, 2.05) is 12.3 Å². The van der Waals surface area contributed by atoms with Gasteiger partial charge in [-0.2, -0.15) is 5.26 Å². The van der Waals surface area contributed by atoms with Gasteiger partial charge in [-0.25, -0.2) is 0 Å². The topological polar surface area (TPSA) is 60.8 Å². The molecule has 2 N–H and O–H groups in total. The third-order valence-corrected chi connectivity index (χ3v) is 3.43. The van der Waals surface area contributed by atoms with Gasteiger partial charge in [-0.05, 0) is 41.3 Å². The summed E-state index contributed by atoms with van der Waals surface area (Å²) in [4.78, 5) is 3.18. The normalized spacial score (nSPS) is 10.3. The SMILES string of the molecule is COc1cc(C#N)ccc1NCc1ccc2[nH]ccc2c1. The van der Waals surface area contributed by atoms with Crippen molar-refractivity contribution in [3.8, 4) is 11.8 Å². The molecule has 1 aromatic heterocycles. The third kappa shape index (κ3) is 2.67. The summed E-state index contributed by atoms with van der Waals surface area (Å²) in [5, 5.41) is 13.4. The molecule has 0 radical (unpaired) electrons. The smallest absolute Gasteiger partial charge is 0.143 e. The summed E-state index contributed by atoms with van der Waals surface area (Å²) in [6.07, 6.45) is 1.94. The van der Waals surface area contributed by atoms with Crippen LogP contribution in [0.5, 0.6) is 5.75 Å². The number of anilines is 1. The first-order valence-electron chi connectivity index (χ1n) is 6.68. The van der Waals surface area contributed by atoms with Crippen LogP contribution in [0.3, 0.4) is 0 Å². The number of hydrogen-bond donors (Lipinski definition) is 2. The molecule has 3 rings (SSSR count). The maximum atomic E-state index is 8.91. The highest BCUT2D eigenvalue weighted by Crippen LogP contribution is 2.26. The van der Waals surface area contributed by atoms with Gasteiger partial charge < -0.3 is 15.0 Å². The van der Waals surface area contributed by atoms with Gasteiger partial charge in [-0.1, -0.05) is 6.07 Å². The second kappa shape index (κ2) is 5.59. The van der Waals surface area contributed by atoms with Crippen LogP contribution < -0.4 is 10.1 Å². The summed E-state index contributed by atoms with van der Waals surface area (Å²) >= 11 is 0. The Morgan fingerprint density at radius 3 is 2.90 bits per heavy atom. The molecule has 0 amide bonds. The van der Waals surface area contributed by atoms with Crippen molar-refractivity contribution in [3.05, 3.63) is 59.8 Å². The first-order valence-corrected chi connectivity index (χ1v) is 6.68. The van der Waals surface area contributed by atoms with Crippen molar-refractivity contribution in [2.75, 3.05) is 12.4 Å². The molecule has 104 valence electrons. The second-order valence-electron chi connectivity index (χ2n) is 4.78. The van der Waals surface area contributed by atoms with Crippen LogP contribution in [0.2, 0.25) is 0 Å². The van der Waals surface area contributed by atoms with Crippen molar-refractivity contribution in [1.29, 1.82) is 5.26 Å². The Morgan fingerprint density at radius 2 is 2.10 bits per heavy atom. The number of aromatic amines is 1. The monoisotopic (exact) mass is 277 g/mol. The first-order chi connectivity index (χ1) is 10.3. The van der Waals surface area contributed by atoms with Gasteiger partial charge >= 0.3 is 0 Å². The Morgan fingerprint density at radius 1 is 1.19 bits per heavy atom. The average Bonchev–Trinajstić information content (AvgIpc) is 3.00. The summed E-state index contributed by atoms with van der Waals surface area (Å²) in [7, 11) is 1.60. The Balaban J connectivity index is 1.79. The van der Waals surface area contributed by atoms with Crippen LogP contribution >= 0.6 is 0 Å². The summed E-state index contributed by atoms with van der Waals surface area (Å²) in [5.41, 5.74) is 3.79. The molecule has 0 unspecified atom stereocenters. The molecular weight excluding hydrogens is 262 g/mol. The van der Waals surface area contributed by atoms with Crippen LogP contribution in [0.25, 0.3) is 10.9 Å². The molecule has 0 saturated heterocycles. The highest BCUT2D eigenvalue weighted by molar-refractivity contribution is 5.80. The van der Waals surface area contributed by atoms with Gasteiger partial charge in [0, 0.05) is 24.3 Å². The number of nitrogens with zero attached hydrogens (tertiary/aromatic N) is 1. The zero-order chi connectivity index (χ0) is 14.7. The Bertz CT molecular complexity index is 814. The standard InChI is InChI=1S/C17H15N3O/c1-21-17-9-12(10-18)2-5-16(17)20-11-13-3-4-15-14(8-13)6-7-19-15/h2-9,19-20H,11H2,1H3. The fraction of sp³-hybridized carbons (Fsp3) is 0.118. The van der Waals surface area contributed by atoms with E-state index >= 15 is 0 Å². The van der Waals surface area contributed by atoms with E-state index in [-0.39, 0.29) is 0 Å². The van der Waals surface area contributed by atoms with Crippen molar-refractivity contribution in [2.45, 2.75) is 6.54 Å².